The molecule has 0 aromatic carbocycles. The van der Waals surface area contributed by atoms with E-state index in [1.807, 2.05) is 13.8 Å². The maximum Gasteiger partial charge on any atom is 0.0622 e. The smallest absolute Gasteiger partial charge is 0.0622 e. The van der Waals surface area contributed by atoms with Crippen molar-refractivity contribution in [2.75, 3.05) is 0 Å². The third-order valence-corrected chi connectivity index (χ3v) is 3.19. The molecule has 1 heteroatoms. The van der Waals surface area contributed by atoms with Gasteiger partial charge in [0.25, 0.3) is 0 Å². The summed E-state index contributed by atoms with van der Waals surface area (Å²) < 4.78 is 0. The first-order chi connectivity index (χ1) is 5.80. The Balaban J connectivity index is 4.41. The van der Waals surface area contributed by atoms with Crippen molar-refractivity contribution in [3.05, 3.63) is 0 Å². The molecule has 0 spiro atoms. The Hall–Kier alpha value is -0.0400. The second-order valence-corrected chi connectivity index (χ2v) is 5.15. The van der Waals surface area contributed by atoms with Gasteiger partial charge < -0.3 is 5.11 Å². The minimum Gasteiger partial charge on any atom is -0.390 e. The SMILES string of the molecule is CCCC(C(C)C(C)C)C(C)(C)O. The highest BCUT2D eigenvalue weighted by Crippen LogP contribution is 2.33. The third kappa shape index (κ3) is 4.12. The number of hydrogen-bond donors (Lipinski definition) is 1. The van der Waals surface area contributed by atoms with Crippen LogP contribution in [-0.2, 0) is 0 Å². The van der Waals surface area contributed by atoms with Crippen LogP contribution in [0.25, 0.3) is 0 Å². The van der Waals surface area contributed by atoms with Crippen molar-refractivity contribution in [3.8, 4) is 0 Å². The van der Waals surface area contributed by atoms with Crippen molar-refractivity contribution < 1.29 is 5.11 Å². The second-order valence-electron chi connectivity index (χ2n) is 5.15. The van der Waals surface area contributed by atoms with Crippen molar-refractivity contribution in [1.82, 2.24) is 0 Å². The summed E-state index contributed by atoms with van der Waals surface area (Å²) in [5.41, 5.74) is -0.528. The summed E-state index contributed by atoms with van der Waals surface area (Å²) in [6.45, 7) is 12.8. The zero-order valence-corrected chi connectivity index (χ0v) is 10.1. The van der Waals surface area contributed by atoms with Gasteiger partial charge in [0.15, 0.2) is 0 Å². The maximum atomic E-state index is 10.0. The first-order valence-electron chi connectivity index (χ1n) is 5.53. The molecule has 0 aromatic heterocycles. The van der Waals surface area contributed by atoms with Gasteiger partial charge in [-0.3, -0.25) is 0 Å². The van der Waals surface area contributed by atoms with Gasteiger partial charge in [0.1, 0.15) is 0 Å². The minimum absolute atomic E-state index is 0.428. The van der Waals surface area contributed by atoms with Crippen LogP contribution in [0.5, 0.6) is 0 Å². The highest BCUT2D eigenvalue weighted by molar-refractivity contribution is 4.82. The van der Waals surface area contributed by atoms with Gasteiger partial charge in [0.05, 0.1) is 5.60 Å². The molecule has 0 heterocycles. The standard InChI is InChI=1S/C12H26O/c1-7-8-11(12(5,6)13)10(4)9(2)3/h9-11,13H,7-8H2,1-6H3. The van der Waals surface area contributed by atoms with Crippen LogP contribution < -0.4 is 0 Å². The summed E-state index contributed by atoms with van der Waals surface area (Å²) in [5.74, 6) is 1.68. The minimum atomic E-state index is -0.528. The molecule has 80 valence electrons. The Labute approximate surface area is 83.5 Å². The van der Waals surface area contributed by atoms with Gasteiger partial charge in [-0.2, -0.15) is 0 Å². The summed E-state index contributed by atoms with van der Waals surface area (Å²) >= 11 is 0. The zero-order valence-electron chi connectivity index (χ0n) is 10.1. The summed E-state index contributed by atoms with van der Waals surface area (Å²) in [7, 11) is 0. The van der Waals surface area contributed by atoms with Gasteiger partial charge in [-0.05, 0) is 38.0 Å². The molecule has 0 amide bonds. The van der Waals surface area contributed by atoms with Gasteiger partial charge >= 0.3 is 0 Å². The van der Waals surface area contributed by atoms with Crippen LogP contribution in [0, 0.1) is 17.8 Å². The number of aliphatic hydroxyl groups is 1. The fourth-order valence-corrected chi connectivity index (χ4v) is 2.04. The van der Waals surface area contributed by atoms with Crippen LogP contribution in [-0.4, -0.2) is 10.7 Å². The van der Waals surface area contributed by atoms with Crippen LogP contribution in [0.1, 0.15) is 54.4 Å². The van der Waals surface area contributed by atoms with Crippen LogP contribution >= 0.6 is 0 Å². The average molecular weight is 186 g/mol. The second kappa shape index (κ2) is 4.99. The van der Waals surface area contributed by atoms with Crippen molar-refractivity contribution >= 4 is 0 Å². The Bertz CT molecular complexity index is 133. The van der Waals surface area contributed by atoms with E-state index in [-0.39, 0.29) is 0 Å². The van der Waals surface area contributed by atoms with Gasteiger partial charge in [0.2, 0.25) is 0 Å². The van der Waals surface area contributed by atoms with E-state index in [1.165, 1.54) is 0 Å². The van der Waals surface area contributed by atoms with E-state index in [2.05, 4.69) is 27.7 Å². The lowest BCUT2D eigenvalue weighted by molar-refractivity contribution is -0.0209. The van der Waals surface area contributed by atoms with E-state index >= 15 is 0 Å². The van der Waals surface area contributed by atoms with Crippen molar-refractivity contribution in [1.29, 1.82) is 0 Å². The molecule has 0 aliphatic heterocycles. The van der Waals surface area contributed by atoms with E-state index in [9.17, 15) is 5.11 Å². The van der Waals surface area contributed by atoms with Gasteiger partial charge in [-0.15, -0.1) is 0 Å². The molecule has 2 atom stereocenters. The number of hydrogen-bond acceptors (Lipinski definition) is 1. The maximum absolute atomic E-state index is 10.0. The largest absolute Gasteiger partial charge is 0.390 e. The fraction of sp³-hybridized carbons (Fsp3) is 1.00. The molecule has 13 heavy (non-hydrogen) atoms. The molecule has 0 rings (SSSR count). The van der Waals surface area contributed by atoms with Crippen LogP contribution in [0.4, 0.5) is 0 Å². The molecule has 0 fully saturated rings. The Morgan fingerprint density at radius 1 is 1.15 bits per heavy atom. The van der Waals surface area contributed by atoms with E-state index in [4.69, 9.17) is 0 Å². The molecule has 1 N–H and O–H groups in total. The fourth-order valence-electron chi connectivity index (χ4n) is 2.04. The predicted molar refractivity (Wildman–Crippen MR) is 58.7 cm³/mol. The molecule has 0 bridgehead atoms. The lowest BCUT2D eigenvalue weighted by Crippen LogP contribution is -2.37. The van der Waals surface area contributed by atoms with E-state index < -0.39 is 5.60 Å². The quantitative estimate of drug-likeness (QED) is 0.697. The van der Waals surface area contributed by atoms with Crippen LogP contribution in [0.2, 0.25) is 0 Å². The molecule has 0 saturated carbocycles. The molecule has 0 aliphatic rings. The topological polar surface area (TPSA) is 20.2 Å². The Kier molecular flexibility index (Phi) is 4.98. The molecule has 0 aromatic rings. The zero-order chi connectivity index (χ0) is 10.6. The van der Waals surface area contributed by atoms with Gasteiger partial charge in [-0.25, -0.2) is 0 Å². The molecule has 0 aliphatic carbocycles. The summed E-state index contributed by atoms with van der Waals surface area (Å²) in [6, 6.07) is 0. The van der Waals surface area contributed by atoms with Crippen molar-refractivity contribution in [3.63, 3.8) is 0 Å². The summed E-state index contributed by atoms with van der Waals surface area (Å²) in [4.78, 5) is 0. The van der Waals surface area contributed by atoms with E-state index in [0.29, 0.717) is 17.8 Å². The van der Waals surface area contributed by atoms with Crippen molar-refractivity contribution in [2.45, 2.75) is 60.0 Å². The predicted octanol–water partition coefficient (Wildman–Crippen LogP) is 3.47. The van der Waals surface area contributed by atoms with Gasteiger partial charge in [-0.1, -0.05) is 34.1 Å². The monoisotopic (exact) mass is 186 g/mol. The molecule has 0 radical (unpaired) electrons. The van der Waals surface area contributed by atoms with Crippen LogP contribution in [0.15, 0.2) is 0 Å². The molecule has 0 saturated heterocycles. The average Bonchev–Trinajstić information content (AvgIpc) is 1.96. The molecule has 1 nitrogen and oxygen atoms in total. The third-order valence-electron chi connectivity index (χ3n) is 3.19. The summed E-state index contributed by atoms with van der Waals surface area (Å²) in [6.07, 6.45) is 2.29. The normalized spacial score (nSPS) is 17.5. The van der Waals surface area contributed by atoms with E-state index in [0.717, 1.165) is 12.8 Å². The first kappa shape index (κ1) is 13.0. The lowest BCUT2D eigenvalue weighted by atomic mass is 9.74. The Morgan fingerprint density at radius 2 is 1.62 bits per heavy atom. The molecular weight excluding hydrogens is 160 g/mol. The number of rotatable bonds is 5. The van der Waals surface area contributed by atoms with Gasteiger partial charge in [0, 0.05) is 0 Å². The van der Waals surface area contributed by atoms with Crippen LogP contribution in [0.3, 0.4) is 0 Å². The highest BCUT2D eigenvalue weighted by Gasteiger charge is 2.31. The highest BCUT2D eigenvalue weighted by atomic mass is 16.3. The van der Waals surface area contributed by atoms with E-state index in [1.54, 1.807) is 0 Å². The first-order valence-corrected chi connectivity index (χ1v) is 5.53. The Morgan fingerprint density at radius 3 is 1.85 bits per heavy atom. The van der Waals surface area contributed by atoms with Crippen molar-refractivity contribution in [2.24, 2.45) is 17.8 Å². The lowest BCUT2D eigenvalue weighted by Gasteiger charge is -2.36. The summed E-state index contributed by atoms with van der Waals surface area (Å²) in [5, 5.41) is 10.0. The molecular formula is C12H26O. The molecule has 2 unspecified atom stereocenters.